The second-order valence-electron chi connectivity index (χ2n) is 5.34. The van der Waals surface area contributed by atoms with Crippen molar-refractivity contribution in [2.24, 2.45) is 5.92 Å². The molecule has 0 radical (unpaired) electrons. The van der Waals surface area contributed by atoms with Gasteiger partial charge in [0.25, 0.3) is 0 Å². The monoisotopic (exact) mass is 278 g/mol. The standard InChI is InChI=1S/C16H22O2S/c1-2-3-4-5-6-7-14(17)12-8-9-15-13(16(12)18)10-11-19-15/h10-12H,2-9H2,1H3. The fraction of sp³-hybridized carbons (Fsp3) is 0.625. The van der Waals surface area contributed by atoms with Crippen LogP contribution >= 0.6 is 11.3 Å². The summed E-state index contributed by atoms with van der Waals surface area (Å²) in [6.45, 7) is 2.18. The van der Waals surface area contributed by atoms with E-state index in [0.717, 1.165) is 36.1 Å². The third-order valence-corrected chi connectivity index (χ3v) is 4.88. The van der Waals surface area contributed by atoms with Crippen molar-refractivity contribution in [2.75, 3.05) is 0 Å². The molecule has 0 fully saturated rings. The Balaban J connectivity index is 1.82. The van der Waals surface area contributed by atoms with Gasteiger partial charge in [0.05, 0.1) is 5.92 Å². The Kier molecular flexibility index (Phi) is 5.32. The van der Waals surface area contributed by atoms with E-state index >= 15 is 0 Å². The lowest BCUT2D eigenvalue weighted by Gasteiger charge is -2.19. The van der Waals surface area contributed by atoms with E-state index in [1.807, 2.05) is 11.4 Å². The van der Waals surface area contributed by atoms with Crippen LogP contribution in [0.5, 0.6) is 0 Å². The van der Waals surface area contributed by atoms with E-state index in [1.54, 1.807) is 11.3 Å². The van der Waals surface area contributed by atoms with Crippen LogP contribution in [0.2, 0.25) is 0 Å². The molecule has 2 nitrogen and oxygen atoms in total. The van der Waals surface area contributed by atoms with Gasteiger partial charge in [0.15, 0.2) is 5.78 Å². The Hall–Kier alpha value is -0.960. The molecule has 0 spiro atoms. The number of ketones is 2. The van der Waals surface area contributed by atoms with Crippen molar-refractivity contribution in [3.05, 3.63) is 21.9 Å². The first-order valence-electron chi connectivity index (χ1n) is 7.37. The van der Waals surface area contributed by atoms with Crippen molar-refractivity contribution in [1.29, 1.82) is 0 Å². The average molecular weight is 278 g/mol. The molecule has 1 aliphatic rings. The molecule has 0 amide bonds. The molecule has 1 atom stereocenters. The van der Waals surface area contributed by atoms with Gasteiger partial charge < -0.3 is 0 Å². The van der Waals surface area contributed by atoms with Gasteiger partial charge in [0.2, 0.25) is 0 Å². The van der Waals surface area contributed by atoms with Gasteiger partial charge in [-0.1, -0.05) is 32.6 Å². The highest BCUT2D eigenvalue weighted by atomic mass is 32.1. The van der Waals surface area contributed by atoms with Crippen LogP contribution in [0.3, 0.4) is 0 Å². The van der Waals surface area contributed by atoms with Gasteiger partial charge in [0.1, 0.15) is 5.78 Å². The van der Waals surface area contributed by atoms with Gasteiger partial charge in [-0.25, -0.2) is 0 Å². The van der Waals surface area contributed by atoms with Crippen LogP contribution in [0, 0.1) is 5.92 Å². The molecule has 1 aromatic rings. The molecule has 3 heteroatoms. The number of carbonyl (C=O) groups is 2. The first kappa shape index (κ1) is 14.4. The van der Waals surface area contributed by atoms with E-state index in [-0.39, 0.29) is 17.5 Å². The van der Waals surface area contributed by atoms with Gasteiger partial charge in [-0.2, -0.15) is 0 Å². The Bertz CT molecular complexity index is 447. The van der Waals surface area contributed by atoms with E-state index in [1.165, 1.54) is 19.3 Å². The zero-order valence-electron chi connectivity index (χ0n) is 11.6. The molecule has 1 unspecified atom stereocenters. The lowest BCUT2D eigenvalue weighted by molar-refractivity contribution is -0.121. The predicted molar refractivity (Wildman–Crippen MR) is 78.8 cm³/mol. The number of Topliss-reactive ketones (excluding diaryl/α,β-unsaturated/α-hetero) is 2. The van der Waals surface area contributed by atoms with Gasteiger partial charge in [-0.05, 0) is 30.7 Å². The SMILES string of the molecule is CCCCCCCC(=O)C1CCc2sccc2C1=O. The molecule has 1 aliphatic carbocycles. The van der Waals surface area contributed by atoms with Crippen LogP contribution in [0.25, 0.3) is 0 Å². The minimum absolute atomic E-state index is 0.0704. The van der Waals surface area contributed by atoms with Crippen LogP contribution < -0.4 is 0 Å². The summed E-state index contributed by atoms with van der Waals surface area (Å²) in [5.74, 6) is -0.118. The molecule has 0 saturated heterocycles. The number of aryl methyl sites for hydroxylation is 1. The van der Waals surface area contributed by atoms with Crippen LogP contribution in [0.15, 0.2) is 11.4 Å². The summed E-state index contributed by atoms with van der Waals surface area (Å²) in [6, 6.07) is 1.88. The number of rotatable bonds is 7. The Labute approximate surface area is 119 Å². The molecule has 2 rings (SSSR count). The number of hydrogen-bond donors (Lipinski definition) is 0. The van der Waals surface area contributed by atoms with Gasteiger partial charge in [-0.3, -0.25) is 9.59 Å². The lowest BCUT2D eigenvalue weighted by Crippen LogP contribution is -2.28. The maximum absolute atomic E-state index is 12.2. The minimum Gasteiger partial charge on any atom is -0.299 e. The highest BCUT2D eigenvalue weighted by molar-refractivity contribution is 7.10. The second kappa shape index (κ2) is 6.99. The summed E-state index contributed by atoms with van der Waals surface area (Å²) >= 11 is 1.64. The van der Waals surface area contributed by atoms with Crippen LogP contribution in [-0.2, 0) is 11.2 Å². The van der Waals surface area contributed by atoms with Crippen molar-refractivity contribution < 1.29 is 9.59 Å². The second-order valence-corrected chi connectivity index (χ2v) is 6.34. The third-order valence-electron chi connectivity index (χ3n) is 3.90. The van der Waals surface area contributed by atoms with Gasteiger partial charge in [0, 0.05) is 16.9 Å². The van der Waals surface area contributed by atoms with Crippen molar-refractivity contribution in [3.63, 3.8) is 0 Å². The summed E-state index contributed by atoms with van der Waals surface area (Å²) in [5.41, 5.74) is 0.806. The highest BCUT2D eigenvalue weighted by Crippen LogP contribution is 2.30. The number of thiophene rings is 1. The molecular formula is C16H22O2S. The molecule has 19 heavy (non-hydrogen) atoms. The lowest BCUT2D eigenvalue weighted by atomic mass is 9.83. The van der Waals surface area contributed by atoms with Crippen molar-refractivity contribution in [1.82, 2.24) is 0 Å². The normalized spacial score (nSPS) is 18.4. The first-order chi connectivity index (χ1) is 9.24. The Morgan fingerprint density at radius 3 is 2.89 bits per heavy atom. The third kappa shape index (κ3) is 3.53. The van der Waals surface area contributed by atoms with E-state index in [0.29, 0.717) is 6.42 Å². The molecule has 1 aromatic heterocycles. The van der Waals surface area contributed by atoms with E-state index in [2.05, 4.69) is 6.92 Å². The average Bonchev–Trinajstić information content (AvgIpc) is 2.88. The topological polar surface area (TPSA) is 34.1 Å². The molecular weight excluding hydrogens is 256 g/mol. The molecule has 0 bridgehead atoms. The number of hydrogen-bond acceptors (Lipinski definition) is 3. The zero-order valence-corrected chi connectivity index (χ0v) is 12.4. The number of carbonyl (C=O) groups excluding carboxylic acids is 2. The maximum Gasteiger partial charge on any atom is 0.174 e. The highest BCUT2D eigenvalue weighted by Gasteiger charge is 2.32. The minimum atomic E-state index is -0.353. The van der Waals surface area contributed by atoms with Crippen LogP contribution in [0.4, 0.5) is 0 Å². The summed E-state index contributed by atoms with van der Waals surface area (Å²) < 4.78 is 0. The molecule has 104 valence electrons. The smallest absolute Gasteiger partial charge is 0.174 e. The molecule has 0 saturated carbocycles. The van der Waals surface area contributed by atoms with Gasteiger partial charge in [-0.15, -0.1) is 11.3 Å². The zero-order chi connectivity index (χ0) is 13.7. The quantitative estimate of drug-likeness (QED) is 0.546. The maximum atomic E-state index is 12.2. The fourth-order valence-electron chi connectivity index (χ4n) is 2.73. The largest absolute Gasteiger partial charge is 0.299 e. The summed E-state index contributed by atoms with van der Waals surface area (Å²) in [6.07, 6.45) is 7.93. The van der Waals surface area contributed by atoms with Crippen LogP contribution in [0.1, 0.15) is 67.1 Å². The summed E-state index contributed by atoms with van der Waals surface area (Å²) in [4.78, 5) is 25.6. The number of fused-ring (bicyclic) bond motifs is 1. The van der Waals surface area contributed by atoms with E-state index < -0.39 is 0 Å². The molecule has 0 aliphatic heterocycles. The van der Waals surface area contributed by atoms with Gasteiger partial charge >= 0.3 is 0 Å². The predicted octanol–water partition coefficient (Wildman–Crippen LogP) is 4.42. The van der Waals surface area contributed by atoms with Crippen molar-refractivity contribution in [3.8, 4) is 0 Å². The van der Waals surface area contributed by atoms with Crippen LogP contribution in [-0.4, -0.2) is 11.6 Å². The Morgan fingerprint density at radius 2 is 2.11 bits per heavy atom. The first-order valence-corrected chi connectivity index (χ1v) is 8.25. The van der Waals surface area contributed by atoms with Crippen molar-refractivity contribution in [2.45, 2.75) is 58.3 Å². The Morgan fingerprint density at radius 1 is 1.32 bits per heavy atom. The molecule has 0 aromatic carbocycles. The van der Waals surface area contributed by atoms with E-state index in [9.17, 15) is 9.59 Å². The van der Waals surface area contributed by atoms with E-state index in [4.69, 9.17) is 0 Å². The molecule has 1 heterocycles. The number of unbranched alkanes of at least 4 members (excludes halogenated alkanes) is 4. The summed E-state index contributed by atoms with van der Waals surface area (Å²) in [5, 5.41) is 1.96. The van der Waals surface area contributed by atoms with Crippen molar-refractivity contribution >= 4 is 22.9 Å². The fourth-order valence-corrected chi connectivity index (χ4v) is 3.63. The molecule has 0 N–H and O–H groups in total. The summed E-state index contributed by atoms with van der Waals surface area (Å²) in [7, 11) is 0.